The number of sulfone groups is 2. The molecule has 0 N–H and O–H groups in total. The number of hydrogen-bond donors (Lipinski definition) is 0. The highest BCUT2D eigenvalue weighted by Gasteiger charge is 2.31. The Balaban J connectivity index is 0.000000235. The maximum atomic E-state index is 14.0. The topological polar surface area (TPSA) is 244 Å². The average Bonchev–Trinajstić information content (AvgIpc) is 3.97. The van der Waals surface area contributed by atoms with Crippen LogP contribution in [0.25, 0.3) is 34.2 Å². The fraction of sp³-hybridized carbons (Fsp3) is 0.277. The third-order valence-corrected chi connectivity index (χ3v) is 14.9. The van der Waals surface area contributed by atoms with Gasteiger partial charge in [-0.15, -0.1) is 20.4 Å². The molecule has 0 aliphatic carbocycles. The van der Waals surface area contributed by atoms with E-state index in [0.717, 1.165) is 37.2 Å². The Morgan fingerprint density at radius 2 is 0.822 bits per heavy atom. The average molecular weight is 1050 g/mol. The molecule has 2 aromatic carbocycles. The molecule has 0 aliphatic rings. The molecule has 6 heterocycles. The van der Waals surface area contributed by atoms with Gasteiger partial charge >= 0.3 is 0 Å². The van der Waals surface area contributed by atoms with Crippen molar-refractivity contribution in [2.75, 3.05) is 28.4 Å². The molecular formula is C47H48F4N12O8S2. The van der Waals surface area contributed by atoms with E-state index in [1.807, 2.05) is 0 Å². The van der Waals surface area contributed by atoms with Crippen LogP contribution in [0, 0.1) is 23.3 Å². The lowest BCUT2D eigenvalue weighted by Crippen LogP contribution is -2.24. The first kappa shape index (κ1) is 54.3. The van der Waals surface area contributed by atoms with Crippen LogP contribution < -0.4 is 18.9 Å². The molecule has 0 amide bonds. The van der Waals surface area contributed by atoms with Crippen molar-refractivity contribution in [3.63, 3.8) is 0 Å². The second kappa shape index (κ2) is 23.5. The molecule has 73 heavy (non-hydrogen) atoms. The van der Waals surface area contributed by atoms with Crippen LogP contribution in [0.1, 0.15) is 44.6 Å². The lowest BCUT2D eigenvalue weighted by molar-refractivity contribution is 0.390. The normalized spacial score (nSPS) is 12.2. The highest BCUT2D eigenvalue weighted by Crippen LogP contribution is 2.38. The summed E-state index contributed by atoms with van der Waals surface area (Å²) in [6.07, 6.45) is 8.70. The Kier molecular flexibility index (Phi) is 17.5. The predicted octanol–water partition coefficient (Wildman–Crippen LogP) is 6.56. The summed E-state index contributed by atoms with van der Waals surface area (Å²) in [6.45, 7) is 3.01. The number of hydrogen-bond acceptors (Lipinski definition) is 18. The monoisotopic (exact) mass is 1050 g/mol. The molecule has 6 aromatic heterocycles. The molecule has 0 aliphatic heterocycles. The van der Waals surface area contributed by atoms with Gasteiger partial charge in [0.2, 0.25) is 0 Å². The van der Waals surface area contributed by atoms with Gasteiger partial charge in [0.25, 0.3) is 0 Å². The van der Waals surface area contributed by atoms with E-state index < -0.39 is 64.9 Å². The van der Waals surface area contributed by atoms with Crippen LogP contribution in [0.2, 0.25) is 0 Å². The Labute approximate surface area is 417 Å². The van der Waals surface area contributed by atoms with Crippen LogP contribution in [0.3, 0.4) is 0 Å². The van der Waals surface area contributed by atoms with Crippen molar-refractivity contribution in [1.82, 2.24) is 59.4 Å². The number of aromatic nitrogens is 12. The van der Waals surface area contributed by atoms with Crippen molar-refractivity contribution in [3.05, 3.63) is 145 Å². The van der Waals surface area contributed by atoms with Gasteiger partial charge in [0.05, 0.1) is 76.1 Å². The van der Waals surface area contributed by atoms with E-state index in [4.69, 9.17) is 18.9 Å². The zero-order chi connectivity index (χ0) is 51.7. The molecule has 8 aromatic rings. The van der Waals surface area contributed by atoms with Crippen molar-refractivity contribution in [2.24, 2.45) is 0 Å². The van der Waals surface area contributed by atoms with E-state index >= 15 is 0 Å². The van der Waals surface area contributed by atoms with Gasteiger partial charge in [0, 0.05) is 36.4 Å². The molecule has 2 atom stereocenters. The zero-order valence-electron chi connectivity index (χ0n) is 39.2. The van der Waals surface area contributed by atoms with Gasteiger partial charge in [-0.25, -0.2) is 54.3 Å². The van der Waals surface area contributed by atoms with Crippen molar-refractivity contribution < 1.29 is 53.3 Å². The van der Waals surface area contributed by atoms with Gasteiger partial charge in [-0.3, -0.25) is 19.1 Å². The third-order valence-electron chi connectivity index (χ3n) is 10.8. The smallest absolute Gasteiger partial charge is 0.170 e. The van der Waals surface area contributed by atoms with Crippen LogP contribution in [-0.2, 0) is 44.0 Å². The molecule has 0 fully saturated rings. The molecule has 0 bridgehead atoms. The molecule has 384 valence electrons. The number of para-hydroxylation sites is 2. The van der Waals surface area contributed by atoms with Crippen molar-refractivity contribution in [1.29, 1.82) is 0 Å². The highest BCUT2D eigenvalue weighted by atomic mass is 32.2. The molecule has 8 rings (SSSR count). The van der Waals surface area contributed by atoms with Gasteiger partial charge in [0.1, 0.15) is 69.2 Å². The van der Waals surface area contributed by atoms with E-state index in [0.29, 0.717) is 34.4 Å². The lowest BCUT2D eigenvalue weighted by Gasteiger charge is -2.18. The van der Waals surface area contributed by atoms with Gasteiger partial charge in [-0.2, -0.15) is 0 Å². The van der Waals surface area contributed by atoms with Gasteiger partial charge < -0.3 is 18.9 Å². The Hall–Kier alpha value is -8.00. The second-order valence-electron chi connectivity index (χ2n) is 15.6. The number of benzene rings is 2. The Morgan fingerprint density at radius 1 is 0.493 bits per heavy atom. The Morgan fingerprint density at radius 3 is 1.12 bits per heavy atom. The number of rotatable bonds is 18. The van der Waals surface area contributed by atoms with Gasteiger partial charge in [-0.1, -0.05) is 19.6 Å². The van der Waals surface area contributed by atoms with Crippen LogP contribution in [0.15, 0.2) is 98.1 Å². The minimum atomic E-state index is -3.84. The largest absolute Gasteiger partial charge is 0.494 e. The standard InChI is InChI=1S/2C23H22F2N6O4S.CH4/c2*1-14(7-20-27-11-17(25)12-28-20)36(32,33)13-21-29-30-23(15-8-16(24)10-26-9-15)31(21)22-18(34-2)5-4-6-19(22)35-3;/h2*4-6,8-12,14H,7,13H2,1-3H3;1H4/t2*14-;/m10./s1. The first-order valence-corrected chi connectivity index (χ1v) is 24.8. The summed E-state index contributed by atoms with van der Waals surface area (Å²) >= 11 is 0. The SMILES string of the molecule is C.COc1cccc(OC)c1-n1c(CS(=O)(=O)[C@@H](C)Cc2ncc(F)cn2)nnc1-c1cncc(F)c1.COc1cccc(OC)c1-n1c(CS(=O)(=O)[C@H](C)Cc2ncc(F)cn2)nnc1-c1cncc(F)c1. The summed E-state index contributed by atoms with van der Waals surface area (Å²) in [5.41, 5.74) is 1.22. The summed E-state index contributed by atoms with van der Waals surface area (Å²) in [5.74, 6) is -1.32. The predicted molar refractivity (Wildman–Crippen MR) is 258 cm³/mol. The van der Waals surface area contributed by atoms with Gasteiger partial charge in [0.15, 0.2) is 54.6 Å². The van der Waals surface area contributed by atoms with Crippen molar-refractivity contribution >= 4 is 19.7 Å². The maximum absolute atomic E-state index is 14.0. The summed E-state index contributed by atoms with van der Waals surface area (Å²) in [4.78, 5) is 23.1. The summed E-state index contributed by atoms with van der Waals surface area (Å²) in [5, 5.41) is 14.7. The van der Waals surface area contributed by atoms with E-state index in [1.54, 1.807) is 36.4 Å². The number of ether oxygens (including phenoxy) is 4. The van der Waals surface area contributed by atoms with E-state index in [9.17, 15) is 34.4 Å². The molecule has 0 spiro atoms. The van der Waals surface area contributed by atoms with E-state index in [2.05, 4.69) is 50.3 Å². The number of methoxy groups -OCH3 is 4. The second-order valence-corrected chi connectivity index (χ2v) is 20.5. The maximum Gasteiger partial charge on any atom is 0.170 e. The molecule has 0 radical (unpaired) electrons. The van der Waals surface area contributed by atoms with Crippen molar-refractivity contribution in [2.45, 2.75) is 56.1 Å². The molecule has 0 unspecified atom stereocenters. The minimum absolute atomic E-state index is 0. The number of pyridine rings is 2. The van der Waals surface area contributed by atoms with Crippen molar-refractivity contribution in [3.8, 4) is 57.1 Å². The van der Waals surface area contributed by atoms with E-state index in [1.165, 1.54) is 75.9 Å². The fourth-order valence-corrected chi connectivity index (χ4v) is 9.61. The first-order chi connectivity index (χ1) is 34.5. The van der Waals surface area contributed by atoms with E-state index in [-0.39, 0.29) is 66.3 Å². The number of halogens is 4. The third kappa shape index (κ3) is 12.6. The molecular weight excluding hydrogens is 1000 g/mol. The van der Waals surface area contributed by atoms with Gasteiger partial charge in [-0.05, 0) is 50.2 Å². The molecule has 0 saturated heterocycles. The van der Waals surface area contributed by atoms with Crippen LogP contribution in [0.4, 0.5) is 17.6 Å². The summed E-state index contributed by atoms with van der Waals surface area (Å²) in [7, 11) is -1.87. The number of nitrogens with zero attached hydrogens (tertiary/aromatic N) is 12. The summed E-state index contributed by atoms with van der Waals surface area (Å²) in [6, 6.07) is 12.5. The minimum Gasteiger partial charge on any atom is -0.494 e. The molecule has 26 heteroatoms. The summed E-state index contributed by atoms with van der Waals surface area (Å²) < 4.78 is 132. The van der Waals surface area contributed by atoms with Crippen LogP contribution >= 0.6 is 0 Å². The Bertz CT molecular complexity index is 3140. The lowest BCUT2D eigenvalue weighted by atomic mass is 10.2. The molecule has 20 nitrogen and oxygen atoms in total. The van der Waals surface area contributed by atoms with Crippen LogP contribution in [-0.4, -0.2) is 115 Å². The zero-order valence-corrected chi connectivity index (χ0v) is 40.8. The first-order valence-electron chi connectivity index (χ1n) is 21.4. The fourth-order valence-electron chi connectivity index (χ4n) is 7.14. The van der Waals surface area contributed by atoms with Crippen LogP contribution in [0.5, 0.6) is 23.0 Å². The molecule has 0 saturated carbocycles. The quantitative estimate of drug-likeness (QED) is 0.0826. The highest BCUT2D eigenvalue weighted by molar-refractivity contribution is 7.91.